The van der Waals surface area contributed by atoms with E-state index in [0.29, 0.717) is 10.6 Å². The molecular formula is C17H23N3O3S. The zero-order valence-corrected chi connectivity index (χ0v) is 15.2. The van der Waals surface area contributed by atoms with Crippen molar-refractivity contribution in [2.24, 2.45) is 0 Å². The fourth-order valence-corrected chi connectivity index (χ4v) is 3.55. The Labute approximate surface area is 145 Å². The van der Waals surface area contributed by atoms with Gasteiger partial charge in [-0.15, -0.1) is 11.3 Å². The van der Waals surface area contributed by atoms with Crippen LogP contribution < -0.4 is 5.32 Å². The van der Waals surface area contributed by atoms with Gasteiger partial charge in [-0.25, -0.2) is 4.79 Å². The van der Waals surface area contributed by atoms with Gasteiger partial charge in [0.15, 0.2) is 5.54 Å². The van der Waals surface area contributed by atoms with Gasteiger partial charge in [0.05, 0.1) is 16.8 Å². The molecule has 0 unspecified atom stereocenters. The molecule has 7 heteroatoms. The highest BCUT2D eigenvalue weighted by atomic mass is 32.1. The van der Waals surface area contributed by atoms with Gasteiger partial charge in [-0.05, 0) is 38.3 Å². The molecule has 0 atom stereocenters. The molecule has 0 aliphatic heterocycles. The lowest BCUT2D eigenvalue weighted by atomic mass is 10.1. The van der Waals surface area contributed by atoms with Crippen LogP contribution >= 0.6 is 11.3 Å². The number of carbonyl (C=O) groups is 2. The van der Waals surface area contributed by atoms with Crippen molar-refractivity contribution in [3.8, 4) is 0 Å². The Hall–Kier alpha value is -2.15. The molecule has 2 aromatic heterocycles. The number of hydrogen-bond donors (Lipinski definition) is 2. The standard InChI is InChI=1S/C17H23N3O3S/c1-5-7-13-11(6-2)8-14(24-13)15(21)19-12-9-18-20(10-12)17(3,4)16(22)23/h8-10H,5-7H2,1-4H3,(H,19,21)(H,22,23). The molecule has 0 saturated heterocycles. The first-order chi connectivity index (χ1) is 11.3. The average molecular weight is 349 g/mol. The Morgan fingerprint density at radius 3 is 2.67 bits per heavy atom. The molecule has 0 fully saturated rings. The first-order valence-electron chi connectivity index (χ1n) is 8.01. The number of carboxylic acids is 1. The molecule has 0 aliphatic rings. The largest absolute Gasteiger partial charge is 0.479 e. The lowest BCUT2D eigenvalue weighted by Crippen LogP contribution is -2.35. The number of aliphatic carboxylic acids is 1. The van der Waals surface area contributed by atoms with Crippen molar-refractivity contribution >= 4 is 28.9 Å². The van der Waals surface area contributed by atoms with Gasteiger partial charge in [-0.1, -0.05) is 20.3 Å². The van der Waals surface area contributed by atoms with Gasteiger partial charge >= 0.3 is 5.97 Å². The number of hydrogen-bond acceptors (Lipinski definition) is 4. The summed E-state index contributed by atoms with van der Waals surface area (Å²) in [5, 5.41) is 16.1. The molecule has 0 bridgehead atoms. The minimum atomic E-state index is -1.17. The van der Waals surface area contributed by atoms with Crippen molar-refractivity contribution in [3.63, 3.8) is 0 Å². The molecule has 2 rings (SSSR count). The van der Waals surface area contributed by atoms with Crippen LogP contribution in [0.15, 0.2) is 18.5 Å². The van der Waals surface area contributed by atoms with E-state index >= 15 is 0 Å². The number of nitrogens with zero attached hydrogens (tertiary/aromatic N) is 2. The summed E-state index contributed by atoms with van der Waals surface area (Å²) in [5.74, 6) is -1.18. The van der Waals surface area contributed by atoms with E-state index in [2.05, 4.69) is 24.3 Å². The summed E-state index contributed by atoms with van der Waals surface area (Å²) in [6.45, 7) is 7.31. The highest BCUT2D eigenvalue weighted by Gasteiger charge is 2.30. The minimum Gasteiger partial charge on any atom is -0.479 e. The second-order valence-corrected chi connectivity index (χ2v) is 7.29. The van der Waals surface area contributed by atoms with Crippen LogP contribution in [-0.4, -0.2) is 26.8 Å². The number of aromatic nitrogens is 2. The molecule has 130 valence electrons. The quantitative estimate of drug-likeness (QED) is 0.801. The van der Waals surface area contributed by atoms with E-state index < -0.39 is 11.5 Å². The molecule has 24 heavy (non-hydrogen) atoms. The zero-order chi connectivity index (χ0) is 17.9. The third-order valence-corrected chi connectivity index (χ3v) is 5.15. The SMILES string of the molecule is CCCc1sc(C(=O)Nc2cnn(C(C)(C)C(=O)O)c2)cc1CC. The van der Waals surface area contributed by atoms with Crippen LogP contribution in [0.5, 0.6) is 0 Å². The number of carboxylic acid groups (broad SMARTS) is 1. The maximum atomic E-state index is 12.4. The third-order valence-electron chi connectivity index (χ3n) is 3.91. The van der Waals surface area contributed by atoms with Crippen molar-refractivity contribution in [2.45, 2.75) is 52.5 Å². The molecule has 0 radical (unpaired) electrons. The van der Waals surface area contributed by atoms with Gasteiger partial charge in [0.2, 0.25) is 0 Å². The van der Waals surface area contributed by atoms with Crippen LogP contribution in [0.3, 0.4) is 0 Å². The van der Waals surface area contributed by atoms with E-state index in [9.17, 15) is 14.7 Å². The van der Waals surface area contributed by atoms with E-state index in [1.165, 1.54) is 38.9 Å². The monoisotopic (exact) mass is 349 g/mol. The molecule has 0 spiro atoms. The predicted molar refractivity (Wildman–Crippen MR) is 94.8 cm³/mol. The van der Waals surface area contributed by atoms with Crippen LogP contribution in [0.1, 0.15) is 54.2 Å². The number of amides is 1. The zero-order valence-electron chi connectivity index (χ0n) is 14.4. The summed E-state index contributed by atoms with van der Waals surface area (Å²) >= 11 is 1.52. The summed E-state index contributed by atoms with van der Waals surface area (Å²) in [6.07, 6.45) is 5.93. The molecule has 2 N–H and O–H groups in total. The van der Waals surface area contributed by atoms with Gasteiger partial charge in [0.25, 0.3) is 5.91 Å². The topological polar surface area (TPSA) is 84.2 Å². The first kappa shape index (κ1) is 18.2. The molecule has 0 aromatic carbocycles. The molecule has 2 aromatic rings. The normalized spacial score (nSPS) is 11.5. The van der Waals surface area contributed by atoms with Crippen LogP contribution in [0.4, 0.5) is 5.69 Å². The maximum absolute atomic E-state index is 12.4. The Balaban J connectivity index is 2.16. The van der Waals surface area contributed by atoms with Crippen molar-refractivity contribution < 1.29 is 14.7 Å². The van der Waals surface area contributed by atoms with Crippen molar-refractivity contribution in [1.82, 2.24) is 9.78 Å². The molecular weight excluding hydrogens is 326 g/mol. The summed E-state index contributed by atoms with van der Waals surface area (Å²) in [5.41, 5.74) is 0.530. The first-order valence-corrected chi connectivity index (χ1v) is 8.82. The predicted octanol–water partition coefficient (Wildman–Crippen LogP) is 3.53. The Morgan fingerprint density at radius 1 is 1.38 bits per heavy atom. The van der Waals surface area contributed by atoms with Crippen LogP contribution in [0.2, 0.25) is 0 Å². The number of carbonyl (C=O) groups excluding carboxylic acids is 1. The summed E-state index contributed by atoms with van der Waals surface area (Å²) < 4.78 is 1.33. The van der Waals surface area contributed by atoms with Gasteiger partial charge in [-0.2, -0.15) is 5.10 Å². The van der Waals surface area contributed by atoms with E-state index in [4.69, 9.17) is 0 Å². The Kier molecular flexibility index (Phi) is 5.43. The van der Waals surface area contributed by atoms with Crippen LogP contribution in [0.25, 0.3) is 0 Å². The smallest absolute Gasteiger partial charge is 0.331 e. The minimum absolute atomic E-state index is 0.190. The second kappa shape index (κ2) is 7.17. The van der Waals surface area contributed by atoms with E-state index in [1.54, 1.807) is 13.8 Å². The molecule has 2 heterocycles. The van der Waals surface area contributed by atoms with Crippen LogP contribution in [0, 0.1) is 0 Å². The van der Waals surface area contributed by atoms with Crippen molar-refractivity contribution in [3.05, 3.63) is 33.8 Å². The summed E-state index contributed by atoms with van der Waals surface area (Å²) in [7, 11) is 0. The van der Waals surface area contributed by atoms with Gasteiger partial charge < -0.3 is 10.4 Å². The van der Waals surface area contributed by atoms with E-state index in [-0.39, 0.29) is 5.91 Å². The summed E-state index contributed by atoms with van der Waals surface area (Å²) in [6, 6.07) is 1.94. The third kappa shape index (κ3) is 3.67. The second-order valence-electron chi connectivity index (χ2n) is 6.15. The molecule has 6 nitrogen and oxygen atoms in total. The highest BCUT2D eigenvalue weighted by Crippen LogP contribution is 2.26. The van der Waals surface area contributed by atoms with E-state index in [1.807, 2.05) is 6.07 Å². The molecule has 1 amide bonds. The maximum Gasteiger partial charge on any atom is 0.331 e. The van der Waals surface area contributed by atoms with Gasteiger partial charge in [0, 0.05) is 11.1 Å². The lowest BCUT2D eigenvalue weighted by Gasteiger charge is -2.19. The number of rotatable bonds is 7. The van der Waals surface area contributed by atoms with Crippen molar-refractivity contribution in [2.75, 3.05) is 5.32 Å². The summed E-state index contributed by atoms with van der Waals surface area (Å²) in [4.78, 5) is 25.6. The highest BCUT2D eigenvalue weighted by molar-refractivity contribution is 7.14. The fourth-order valence-electron chi connectivity index (χ4n) is 2.30. The number of thiophene rings is 1. The van der Waals surface area contributed by atoms with E-state index in [0.717, 1.165) is 19.3 Å². The number of anilines is 1. The van der Waals surface area contributed by atoms with Crippen LogP contribution in [-0.2, 0) is 23.2 Å². The fraction of sp³-hybridized carbons (Fsp3) is 0.471. The van der Waals surface area contributed by atoms with Gasteiger partial charge in [0.1, 0.15) is 0 Å². The number of aryl methyl sites for hydroxylation is 2. The Morgan fingerprint density at radius 2 is 2.08 bits per heavy atom. The Bertz CT molecular complexity index is 746. The molecule has 0 saturated carbocycles. The lowest BCUT2D eigenvalue weighted by molar-refractivity contribution is -0.146. The van der Waals surface area contributed by atoms with Gasteiger partial charge in [-0.3, -0.25) is 9.48 Å². The average Bonchev–Trinajstić information content (AvgIpc) is 3.14. The van der Waals surface area contributed by atoms with Crippen molar-refractivity contribution in [1.29, 1.82) is 0 Å². The number of nitrogens with one attached hydrogen (secondary N) is 1. The molecule has 0 aliphatic carbocycles.